The highest BCUT2D eigenvalue weighted by atomic mass is 16.5. The molecule has 0 saturated carbocycles. The van der Waals surface area contributed by atoms with Gasteiger partial charge in [-0.25, -0.2) is 0 Å². The quantitative estimate of drug-likeness (QED) is 0.669. The Bertz CT molecular complexity index is 730. The second kappa shape index (κ2) is 6.65. The summed E-state index contributed by atoms with van der Waals surface area (Å²) >= 11 is 0. The van der Waals surface area contributed by atoms with E-state index in [1.54, 1.807) is 7.11 Å². The topological polar surface area (TPSA) is 43.4 Å². The Morgan fingerprint density at radius 3 is 3.04 bits per heavy atom. The summed E-state index contributed by atoms with van der Waals surface area (Å²) in [5.74, 6) is 1.86. The SMILES string of the molecule is COCCOc1ccc2c(c1)C1C=CCC1C(c1cccnc1)N2. The molecule has 2 aliphatic rings. The van der Waals surface area contributed by atoms with Gasteiger partial charge in [-0.05, 0) is 47.7 Å². The molecular formula is C20H22N2O2. The molecule has 4 rings (SSSR count). The summed E-state index contributed by atoms with van der Waals surface area (Å²) in [6.07, 6.45) is 9.53. The number of rotatable bonds is 5. The van der Waals surface area contributed by atoms with Crippen LogP contribution < -0.4 is 10.1 Å². The zero-order valence-electron chi connectivity index (χ0n) is 13.8. The summed E-state index contributed by atoms with van der Waals surface area (Å²) in [6.45, 7) is 1.18. The summed E-state index contributed by atoms with van der Waals surface area (Å²) in [4.78, 5) is 4.29. The number of nitrogens with one attached hydrogen (secondary N) is 1. The van der Waals surface area contributed by atoms with Crippen molar-refractivity contribution in [3.63, 3.8) is 0 Å². The molecule has 2 heterocycles. The highest BCUT2D eigenvalue weighted by molar-refractivity contribution is 5.61. The Labute approximate surface area is 142 Å². The van der Waals surface area contributed by atoms with Gasteiger partial charge < -0.3 is 14.8 Å². The zero-order valence-corrected chi connectivity index (χ0v) is 13.8. The van der Waals surface area contributed by atoms with Gasteiger partial charge in [0.2, 0.25) is 0 Å². The van der Waals surface area contributed by atoms with Crippen LogP contribution >= 0.6 is 0 Å². The van der Waals surface area contributed by atoms with Crippen LogP contribution in [0.3, 0.4) is 0 Å². The van der Waals surface area contributed by atoms with E-state index in [1.165, 1.54) is 16.8 Å². The maximum atomic E-state index is 5.79. The fourth-order valence-electron chi connectivity index (χ4n) is 3.80. The number of pyridine rings is 1. The van der Waals surface area contributed by atoms with E-state index in [4.69, 9.17) is 9.47 Å². The molecule has 0 bridgehead atoms. The first kappa shape index (κ1) is 15.2. The van der Waals surface area contributed by atoms with Crippen LogP contribution in [0.5, 0.6) is 5.75 Å². The minimum atomic E-state index is 0.298. The smallest absolute Gasteiger partial charge is 0.119 e. The summed E-state index contributed by atoms with van der Waals surface area (Å²) in [7, 11) is 1.69. The van der Waals surface area contributed by atoms with E-state index >= 15 is 0 Å². The fourth-order valence-corrected chi connectivity index (χ4v) is 3.80. The van der Waals surface area contributed by atoms with Crippen LogP contribution in [0.2, 0.25) is 0 Å². The lowest BCUT2D eigenvalue weighted by molar-refractivity contribution is 0.146. The van der Waals surface area contributed by atoms with E-state index in [9.17, 15) is 0 Å². The molecule has 0 spiro atoms. The predicted octanol–water partition coefficient (Wildman–Crippen LogP) is 3.93. The first-order chi connectivity index (χ1) is 11.9. The Hall–Kier alpha value is -2.33. The second-order valence-electron chi connectivity index (χ2n) is 6.35. The number of aromatic nitrogens is 1. The molecule has 124 valence electrons. The van der Waals surface area contributed by atoms with Crippen LogP contribution in [0.15, 0.2) is 54.9 Å². The minimum absolute atomic E-state index is 0.298. The molecular weight excluding hydrogens is 300 g/mol. The average molecular weight is 322 g/mol. The molecule has 1 aromatic carbocycles. The monoisotopic (exact) mass is 322 g/mol. The van der Waals surface area contributed by atoms with Gasteiger partial charge >= 0.3 is 0 Å². The lowest BCUT2D eigenvalue weighted by atomic mass is 9.77. The third-order valence-corrected chi connectivity index (χ3v) is 4.93. The normalized spacial score (nSPS) is 24.1. The Morgan fingerprint density at radius 2 is 2.21 bits per heavy atom. The third kappa shape index (κ3) is 2.78. The first-order valence-corrected chi connectivity index (χ1v) is 8.45. The van der Waals surface area contributed by atoms with Gasteiger partial charge in [0.25, 0.3) is 0 Å². The summed E-state index contributed by atoms with van der Waals surface area (Å²) < 4.78 is 10.8. The van der Waals surface area contributed by atoms with Gasteiger partial charge in [-0.1, -0.05) is 18.2 Å². The maximum Gasteiger partial charge on any atom is 0.119 e. The van der Waals surface area contributed by atoms with Gasteiger partial charge in [0.1, 0.15) is 12.4 Å². The number of hydrogen-bond donors (Lipinski definition) is 1. The number of methoxy groups -OCH3 is 1. The van der Waals surface area contributed by atoms with E-state index in [-0.39, 0.29) is 0 Å². The van der Waals surface area contributed by atoms with Crippen molar-refractivity contribution in [3.05, 3.63) is 66.0 Å². The van der Waals surface area contributed by atoms with E-state index in [0.29, 0.717) is 31.1 Å². The lowest BCUT2D eigenvalue weighted by Gasteiger charge is -2.37. The number of benzene rings is 1. The Kier molecular flexibility index (Phi) is 4.22. The molecule has 0 amide bonds. The molecule has 24 heavy (non-hydrogen) atoms. The van der Waals surface area contributed by atoms with Crippen molar-refractivity contribution in [3.8, 4) is 5.75 Å². The molecule has 1 N–H and O–H groups in total. The number of allylic oxidation sites excluding steroid dienone is 2. The molecule has 4 nitrogen and oxygen atoms in total. The molecule has 3 atom stereocenters. The number of hydrogen-bond acceptors (Lipinski definition) is 4. The summed E-state index contributed by atoms with van der Waals surface area (Å²) in [5.41, 5.74) is 3.77. The van der Waals surface area contributed by atoms with Crippen molar-refractivity contribution in [2.24, 2.45) is 5.92 Å². The van der Waals surface area contributed by atoms with Gasteiger partial charge in [0.05, 0.1) is 12.6 Å². The highest BCUT2D eigenvalue weighted by Gasteiger charge is 2.38. The second-order valence-corrected chi connectivity index (χ2v) is 6.35. The largest absolute Gasteiger partial charge is 0.491 e. The zero-order chi connectivity index (χ0) is 16.4. The standard InChI is InChI=1S/C20H22N2O2/c1-23-10-11-24-15-7-8-19-18(12-15)16-5-2-6-17(16)20(22-19)14-4-3-9-21-13-14/h2-5,7-9,12-13,16-17,20,22H,6,10-11H2,1H3. The van der Waals surface area contributed by atoms with E-state index in [0.717, 1.165) is 12.2 Å². The highest BCUT2D eigenvalue weighted by Crippen LogP contribution is 2.50. The van der Waals surface area contributed by atoms with Crippen molar-refractivity contribution < 1.29 is 9.47 Å². The van der Waals surface area contributed by atoms with E-state index in [2.05, 4.69) is 40.7 Å². The number of fused-ring (bicyclic) bond motifs is 3. The van der Waals surface area contributed by atoms with Crippen molar-refractivity contribution in [2.75, 3.05) is 25.6 Å². The lowest BCUT2D eigenvalue weighted by Crippen LogP contribution is -2.29. The van der Waals surface area contributed by atoms with Crippen LogP contribution in [0.4, 0.5) is 5.69 Å². The molecule has 1 aliphatic carbocycles. The molecule has 0 radical (unpaired) electrons. The van der Waals surface area contributed by atoms with Crippen molar-refractivity contribution >= 4 is 5.69 Å². The molecule has 0 saturated heterocycles. The van der Waals surface area contributed by atoms with E-state index < -0.39 is 0 Å². The van der Waals surface area contributed by atoms with Crippen LogP contribution in [0, 0.1) is 5.92 Å². The van der Waals surface area contributed by atoms with Gasteiger partial charge in [-0.3, -0.25) is 4.98 Å². The Balaban J connectivity index is 1.63. The Morgan fingerprint density at radius 1 is 1.25 bits per heavy atom. The van der Waals surface area contributed by atoms with Gasteiger partial charge in [0.15, 0.2) is 0 Å². The van der Waals surface area contributed by atoms with Crippen LogP contribution in [0.25, 0.3) is 0 Å². The molecule has 2 aromatic rings. The molecule has 3 unspecified atom stereocenters. The summed E-state index contributed by atoms with van der Waals surface area (Å²) in [6, 6.07) is 10.8. The third-order valence-electron chi connectivity index (χ3n) is 4.93. The number of nitrogens with zero attached hydrogens (tertiary/aromatic N) is 1. The van der Waals surface area contributed by atoms with Crippen LogP contribution in [-0.2, 0) is 4.74 Å². The molecule has 4 heteroatoms. The van der Waals surface area contributed by atoms with Crippen LogP contribution in [-0.4, -0.2) is 25.3 Å². The van der Waals surface area contributed by atoms with Crippen molar-refractivity contribution in [2.45, 2.75) is 18.4 Å². The maximum absolute atomic E-state index is 5.79. The van der Waals surface area contributed by atoms with Gasteiger partial charge in [-0.15, -0.1) is 0 Å². The predicted molar refractivity (Wildman–Crippen MR) is 94.4 cm³/mol. The first-order valence-electron chi connectivity index (χ1n) is 8.45. The average Bonchev–Trinajstić information content (AvgIpc) is 3.12. The number of anilines is 1. The molecule has 0 fully saturated rings. The fraction of sp³-hybridized carbons (Fsp3) is 0.350. The van der Waals surface area contributed by atoms with Crippen molar-refractivity contribution in [1.29, 1.82) is 0 Å². The molecule has 1 aliphatic heterocycles. The van der Waals surface area contributed by atoms with Gasteiger partial charge in [0, 0.05) is 31.1 Å². The summed E-state index contributed by atoms with van der Waals surface area (Å²) in [5, 5.41) is 3.72. The molecule has 1 aromatic heterocycles. The van der Waals surface area contributed by atoms with Crippen molar-refractivity contribution in [1.82, 2.24) is 4.98 Å². The van der Waals surface area contributed by atoms with Gasteiger partial charge in [-0.2, -0.15) is 0 Å². The number of ether oxygens (including phenoxy) is 2. The van der Waals surface area contributed by atoms with Crippen LogP contribution in [0.1, 0.15) is 29.5 Å². The minimum Gasteiger partial charge on any atom is -0.491 e. The van der Waals surface area contributed by atoms with E-state index in [1.807, 2.05) is 24.5 Å².